The van der Waals surface area contributed by atoms with Crippen molar-refractivity contribution in [2.45, 2.75) is 26.2 Å². The summed E-state index contributed by atoms with van der Waals surface area (Å²) < 4.78 is 16.4. The molecule has 150 valence electrons. The lowest BCUT2D eigenvalue weighted by molar-refractivity contribution is -0.118. The van der Waals surface area contributed by atoms with E-state index in [0.717, 1.165) is 18.4 Å². The zero-order chi connectivity index (χ0) is 20.4. The number of primary amides is 1. The lowest BCUT2D eigenvalue weighted by Gasteiger charge is -2.14. The normalized spacial score (nSPS) is 10.2. The van der Waals surface area contributed by atoms with Gasteiger partial charge in [0.25, 0.3) is 5.91 Å². The fraction of sp³-hybridized carbons (Fsp3) is 0.333. The first kappa shape index (κ1) is 21.1. The highest BCUT2D eigenvalue weighted by atomic mass is 16.5. The van der Waals surface area contributed by atoms with Crippen molar-refractivity contribution in [1.29, 1.82) is 0 Å². The molecule has 28 heavy (non-hydrogen) atoms. The first-order chi connectivity index (χ1) is 13.5. The molecule has 0 spiro atoms. The molecule has 0 heterocycles. The summed E-state index contributed by atoms with van der Waals surface area (Å²) in [5.41, 5.74) is 6.48. The van der Waals surface area contributed by atoms with Crippen molar-refractivity contribution in [1.82, 2.24) is 0 Å². The van der Waals surface area contributed by atoms with E-state index in [4.69, 9.17) is 19.9 Å². The molecule has 0 atom stereocenters. The number of nitrogens with one attached hydrogen (secondary N) is 1. The van der Waals surface area contributed by atoms with Crippen molar-refractivity contribution in [3.8, 4) is 17.2 Å². The molecule has 7 nitrogen and oxygen atoms in total. The number of carbonyl (C=O) groups is 2. The van der Waals surface area contributed by atoms with E-state index in [0.29, 0.717) is 29.5 Å². The highest BCUT2D eigenvalue weighted by Crippen LogP contribution is 2.29. The van der Waals surface area contributed by atoms with Crippen LogP contribution in [0.5, 0.6) is 17.2 Å². The number of hydrogen-bond donors (Lipinski definition) is 2. The van der Waals surface area contributed by atoms with Gasteiger partial charge in [-0.15, -0.1) is 0 Å². The molecule has 2 amide bonds. The van der Waals surface area contributed by atoms with Crippen LogP contribution in [0.15, 0.2) is 42.5 Å². The number of ether oxygens (including phenoxy) is 3. The quantitative estimate of drug-likeness (QED) is 0.579. The highest BCUT2D eigenvalue weighted by molar-refractivity contribution is 5.93. The minimum Gasteiger partial charge on any atom is -0.497 e. The van der Waals surface area contributed by atoms with Gasteiger partial charge in [-0.2, -0.15) is 0 Å². The molecular formula is C21H26N2O5. The van der Waals surface area contributed by atoms with Crippen LogP contribution in [0, 0.1) is 0 Å². The maximum Gasteiger partial charge on any atom is 0.262 e. The summed E-state index contributed by atoms with van der Waals surface area (Å²) in [6.07, 6.45) is 2.11. The van der Waals surface area contributed by atoms with Crippen LogP contribution in [-0.2, 0) is 16.0 Å². The van der Waals surface area contributed by atoms with Crippen LogP contribution in [0.3, 0.4) is 0 Å². The Morgan fingerprint density at radius 1 is 1.04 bits per heavy atom. The largest absolute Gasteiger partial charge is 0.497 e. The maximum atomic E-state index is 12.3. The monoisotopic (exact) mass is 386 g/mol. The molecule has 0 aliphatic heterocycles. The Morgan fingerprint density at radius 2 is 1.75 bits per heavy atom. The Labute approximate surface area is 164 Å². The molecule has 0 aliphatic carbocycles. The highest BCUT2D eigenvalue weighted by Gasteiger charge is 2.11. The van der Waals surface area contributed by atoms with E-state index in [1.54, 1.807) is 49.6 Å². The summed E-state index contributed by atoms with van der Waals surface area (Å²) in [6.45, 7) is 2.48. The minimum absolute atomic E-state index is 0.164. The Hall–Kier alpha value is -3.22. The van der Waals surface area contributed by atoms with Gasteiger partial charge in [0, 0.05) is 6.07 Å². The molecular weight excluding hydrogens is 360 g/mol. The summed E-state index contributed by atoms with van der Waals surface area (Å²) in [7, 11) is 1.56. The molecule has 0 fully saturated rings. The van der Waals surface area contributed by atoms with Gasteiger partial charge >= 0.3 is 0 Å². The molecule has 7 heteroatoms. The molecule has 0 bridgehead atoms. The first-order valence-corrected chi connectivity index (χ1v) is 9.12. The molecule has 0 saturated heterocycles. The smallest absolute Gasteiger partial charge is 0.262 e. The third kappa shape index (κ3) is 6.83. The van der Waals surface area contributed by atoms with Crippen molar-refractivity contribution >= 4 is 17.5 Å². The number of benzene rings is 2. The van der Waals surface area contributed by atoms with E-state index in [-0.39, 0.29) is 18.9 Å². The van der Waals surface area contributed by atoms with Crippen LogP contribution in [0.25, 0.3) is 0 Å². The average Bonchev–Trinajstić information content (AvgIpc) is 2.68. The average molecular weight is 386 g/mol. The molecule has 0 radical (unpaired) electrons. The summed E-state index contributed by atoms with van der Waals surface area (Å²) in [5, 5.41) is 2.79. The second-order valence-corrected chi connectivity index (χ2v) is 6.19. The molecule has 3 N–H and O–H groups in total. The standard InChI is InChI=1S/C21H26N2O5/c1-3-4-11-27-19-10-9-17(26-2)13-18(19)23-21(25)14-28-16-7-5-15(6-8-16)12-20(22)24/h5-10,13H,3-4,11-12,14H2,1-2H3,(H2,22,24)(H,23,25). The Balaban J connectivity index is 1.95. The number of unbranched alkanes of at least 4 members (excludes halogenated alkanes) is 1. The molecule has 2 aromatic carbocycles. The van der Waals surface area contributed by atoms with E-state index in [1.807, 2.05) is 0 Å². The molecule has 2 rings (SSSR count). The van der Waals surface area contributed by atoms with Gasteiger partial charge in [-0.05, 0) is 36.2 Å². The fourth-order valence-corrected chi connectivity index (χ4v) is 2.43. The number of rotatable bonds is 11. The van der Waals surface area contributed by atoms with E-state index in [2.05, 4.69) is 12.2 Å². The summed E-state index contributed by atoms with van der Waals surface area (Å²) >= 11 is 0. The topological polar surface area (TPSA) is 99.9 Å². The third-order valence-corrected chi connectivity index (χ3v) is 3.89. The van der Waals surface area contributed by atoms with Crippen molar-refractivity contribution in [3.05, 3.63) is 48.0 Å². The van der Waals surface area contributed by atoms with Crippen molar-refractivity contribution in [2.24, 2.45) is 5.73 Å². The number of anilines is 1. The maximum absolute atomic E-state index is 12.3. The van der Waals surface area contributed by atoms with Crippen LogP contribution in [0.1, 0.15) is 25.3 Å². The van der Waals surface area contributed by atoms with Gasteiger partial charge < -0.3 is 25.3 Å². The van der Waals surface area contributed by atoms with Gasteiger partial charge in [0.2, 0.25) is 5.91 Å². The molecule has 0 aromatic heterocycles. The van der Waals surface area contributed by atoms with Crippen LogP contribution in [0.4, 0.5) is 5.69 Å². The number of hydrogen-bond acceptors (Lipinski definition) is 5. The van der Waals surface area contributed by atoms with E-state index < -0.39 is 5.91 Å². The summed E-state index contributed by atoms with van der Waals surface area (Å²) in [6, 6.07) is 12.1. The number of methoxy groups -OCH3 is 1. The van der Waals surface area contributed by atoms with Crippen LogP contribution < -0.4 is 25.3 Å². The number of nitrogens with two attached hydrogens (primary N) is 1. The van der Waals surface area contributed by atoms with Crippen LogP contribution >= 0.6 is 0 Å². The SMILES string of the molecule is CCCCOc1ccc(OC)cc1NC(=O)COc1ccc(CC(N)=O)cc1. The predicted molar refractivity (Wildman–Crippen MR) is 107 cm³/mol. The van der Waals surface area contributed by atoms with E-state index in [9.17, 15) is 9.59 Å². The number of carbonyl (C=O) groups excluding carboxylic acids is 2. The van der Waals surface area contributed by atoms with Gasteiger partial charge in [0.15, 0.2) is 6.61 Å². The summed E-state index contributed by atoms with van der Waals surface area (Å²) in [5.74, 6) is 0.994. The molecule has 2 aromatic rings. The zero-order valence-corrected chi connectivity index (χ0v) is 16.2. The van der Waals surface area contributed by atoms with Crippen molar-refractivity contribution in [3.63, 3.8) is 0 Å². The Morgan fingerprint density at radius 3 is 2.39 bits per heavy atom. The van der Waals surface area contributed by atoms with E-state index >= 15 is 0 Å². The Kier molecular flexibility index (Phi) is 8.14. The van der Waals surface area contributed by atoms with Gasteiger partial charge in [0.05, 0.1) is 25.8 Å². The number of amides is 2. The minimum atomic E-state index is -0.400. The first-order valence-electron chi connectivity index (χ1n) is 9.12. The second-order valence-electron chi connectivity index (χ2n) is 6.19. The van der Waals surface area contributed by atoms with Gasteiger partial charge in [-0.3, -0.25) is 9.59 Å². The second kappa shape index (κ2) is 10.8. The lowest BCUT2D eigenvalue weighted by atomic mass is 10.1. The van der Waals surface area contributed by atoms with Gasteiger partial charge in [-0.1, -0.05) is 25.5 Å². The molecule has 0 saturated carbocycles. The fourth-order valence-electron chi connectivity index (χ4n) is 2.43. The third-order valence-electron chi connectivity index (χ3n) is 3.89. The molecule has 0 unspecified atom stereocenters. The zero-order valence-electron chi connectivity index (χ0n) is 16.2. The van der Waals surface area contributed by atoms with Gasteiger partial charge in [-0.25, -0.2) is 0 Å². The lowest BCUT2D eigenvalue weighted by Crippen LogP contribution is -2.20. The van der Waals surface area contributed by atoms with Crippen LogP contribution in [0.2, 0.25) is 0 Å². The van der Waals surface area contributed by atoms with Crippen LogP contribution in [-0.4, -0.2) is 32.1 Å². The Bertz CT molecular complexity index is 790. The van der Waals surface area contributed by atoms with Crippen molar-refractivity contribution < 1.29 is 23.8 Å². The summed E-state index contributed by atoms with van der Waals surface area (Å²) in [4.78, 5) is 23.2. The van der Waals surface area contributed by atoms with Gasteiger partial charge in [0.1, 0.15) is 17.2 Å². The van der Waals surface area contributed by atoms with E-state index in [1.165, 1.54) is 0 Å². The predicted octanol–water partition coefficient (Wildman–Crippen LogP) is 2.92. The molecule has 0 aliphatic rings. The van der Waals surface area contributed by atoms with Crippen molar-refractivity contribution in [2.75, 3.05) is 25.6 Å².